The minimum absolute atomic E-state index is 0.104. The molecule has 1 unspecified atom stereocenters. The normalized spacial score (nSPS) is 13.5. The molecule has 0 radical (unpaired) electrons. The summed E-state index contributed by atoms with van der Waals surface area (Å²) in [6.45, 7) is 9.53. The van der Waals surface area contributed by atoms with Gasteiger partial charge in [0.2, 0.25) is 0 Å². The second-order valence-corrected chi connectivity index (χ2v) is 5.00. The minimum Gasteiger partial charge on any atom is -0.323 e. The number of hydrogen-bond donors (Lipinski definition) is 1. The maximum absolute atomic E-state index is 6.26. The molecule has 0 aliphatic carbocycles. The van der Waals surface area contributed by atoms with Crippen molar-refractivity contribution in [2.45, 2.75) is 39.8 Å². The van der Waals surface area contributed by atoms with Crippen LogP contribution in [0.4, 0.5) is 0 Å². The largest absolute Gasteiger partial charge is 0.323 e. The van der Waals surface area contributed by atoms with Crippen molar-refractivity contribution >= 4 is 0 Å². The summed E-state index contributed by atoms with van der Waals surface area (Å²) >= 11 is 0. The molecule has 0 saturated carbocycles. The highest BCUT2D eigenvalue weighted by Crippen LogP contribution is 2.18. The van der Waals surface area contributed by atoms with Crippen molar-refractivity contribution in [2.75, 3.05) is 13.6 Å². The lowest BCUT2D eigenvalue weighted by Crippen LogP contribution is -2.34. The Hall–Kier alpha value is -0.860. The molecule has 0 aliphatic rings. The van der Waals surface area contributed by atoms with E-state index in [1.54, 1.807) is 0 Å². The van der Waals surface area contributed by atoms with Crippen molar-refractivity contribution < 1.29 is 0 Å². The van der Waals surface area contributed by atoms with Crippen LogP contribution in [0.25, 0.3) is 0 Å². The molecule has 0 amide bonds. The van der Waals surface area contributed by atoms with Crippen LogP contribution < -0.4 is 5.73 Å². The van der Waals surface area contributed by atoms with Crippen LogP contribution >= 0.6 is 0 Å². The molecule has 1 atom stereocenters. The molecule has 2 heteroatoms. The van der Waals surface area contributed by atoms with Crippen LogP contribution in [0, 0.1) is 13.8 Å². The van der Waals surface area contributed by atoms with Crippen molar-refractivity contribution in [3.8, 4) is 0 Å². The molecule has 0 bridgehead atoms. The van der Waals surface area contributed by atoms with Crippen LogP contribution in [0.2, 0.25) is 0 Å². The summed E-state index contributed by atoms with van der Waals surface area (Å²) in [5, 5.41) is 0. The zero-order valence-electron chi connectivity index (χ0n) is 11.1. The van der Waals surface area contributed by atoms with E-state index in [2.05, 4.69) is 57.8 Å². The smallest absolute Gasteiger partial charge is 0.0426 e. The molecule has 0 spiro atoms. The van der Waals surface area contributed by atoms with Gasteiger partial charge in [0, 0.05) is 18.6 Å². The maximum atomic E-state index is 6.26. The molecule has 0 aromatic heterocycles. The Balaban J connectivity index is 2.80. The molecule has 1 aromatic rings. The summed E-state index contributed by atoms with van der Waals surface area (Å²) in [5.41, 5.74) is 10.1. The number of nitrogens with two attached hydrogens (primary N) is 1. The number of aryl methyl sites for hydroxylation is 2. The van der Waals surface area contributed by atoms with Gasteiger partial charge in [-0.1, -0.05) is 23.8 Å². The predicted octanol–water partition coefficient (Wildman–Crippen LogP) is 2.64. The van der Waals surface area contributed by atoms with Crippen LogP contribution in [-0.2, 0) is 0 Å². The van der Waals surface area contributed by atoms with E-state index in [9.17, 15) is 0 Å². The van der Waals surface area contributed by atoms with E-state index in [0.29, 0.717) is 6.04 Å². The van der Waals surface area contributed by atoms with E-state index in [4.69, 9.17) is 5.73 Å². The van der Waals surface area contributed by atoms with E-state index in [1.165, 1.54) is 16.7 Å². The Labute approximate surface area is 99.5 Å². The predicted molar refractivity (Wildman–Crippen MR) is 70.6 cm³/mol. The van der Waals surface area contributed by atoms with Gasteiger partial charge in [0.25, 0.3) is 0 Å². The fourth-order valence-corrected chi connectivity index (χ4v) is 1.78. The van der Waals surface area contributed by atoms with Gasteiger partial charge in [-0.2, -0.15) is 0 Å². The lowest BCUT2D eigenvalue weighted by atomic mass is 9.99. The van der Waals surface area contributed by atoms with Gasteiger partial charge in [0.05, 0.1) is 0 Å². The zero-order valence-corrected chi connectivity index (χ0v) is 11.1. The van der Waals surface area contributed by atoms with Crippen molar-refractivity contribution in [1.29, 1.82) is 0 Å². The molecule has 0 heterocycles. The Morgan fingerprint density at radius 2 is 1.88 bits per heavy atom. The standard InChI is InChI=1S/C14H24N2/c1-10(2)16(5)9-14(15)13-8-11(3)6-7-12(13)4/h6-8,10,14H,9,15H2,1-5H3. The molecule has 16 heavy (non-hydrogen) atoms. The van der Waals surface area contributed by atoms with Crippen LogP contribution in [0.3, 0.4) is 0 Å². The molecule has 1 aromatic carbocycles. The Bertz CT molecular complexity index is 345. The second-order valence-electron chi connectivity index (χ2n) is 5.00. The average molecular weight is 220 g/mol. The summed E-state index contributed by atoms with van der Waals surface area (Å²) in [4.78, 5) is 2.28. The van der Waals surface area contributed by atoms with Crippen molar-refractivity contribution in [3.05, 3.63) is 34.9 Å². The molecular formula is C14H24N2. The molecule has 2 nitrogen and oxygen atoms in total. The number of rotatable bonds is 4. The SMILES string of the molecule is Cc1ccc(C)c(C(N)CN(C)C(C)C)c1. The van der Waals surface area contributed by atoms with Gasteiger partial charge in [0.1, 0.15) is 0 Å². The summed E-state index contributed by atoms with van der Waals surface area (Å²) in [7, 11) is 2.12. The van der Waals surface area contributed by atoms with Crippen LogP contribution in [0.5, 0.6) is 0 Å². The number of hydrogen-bond acceptors (Lipinski definition) is 2. The Morgan fingerprint density at radius 1 is 1.25 bits per heavy atom. The number of benzene rings is 1. The fourth-order valence-electron chi connectivity index (χ4n) is 1.78. The van der Waals surface area contributed by atoms with Crippen molar-refractivity contribution in [2.24, 2.45) is 5.73 Å². The van der Waals surface area contributed by atoms with Gasteiger partial charge >= 0.3 is 0 Å². The van der Waals surface area contributed by atoms with Gasteiger partial charge in [-0.25, -0.2) is 0 Å². The summed E-state index contributed by atoms with van der Waals surface area (Å²) < 4.78 is 0. The van der Waals surface area contributed by atoms with Gasteiger partial charge in [-0.15, -0.1) is 0 Å². The fraction of sp³-hybridized carbons (Fsp3) is 0.571. The van der Waals surface area contributed by atoms with Crippen LogP contribution in [-0.4, -0.2) is 24.5 Å². The Morgan fingerprint density at radius 3 is 2.44 bits per heavy atom. The zero-order chi connectivity index (χ0) is 12.3. The van der Waals surface area contributed by atoms with E-state index >= 15 is 0 Å². The molecule has 0 aliphatic heterocycles. The van der Waals surface area contributed by atoms with Crippen molar-refractivity contribution in [3.63, 3.8) is 0 Å². The van der Waals surface area contributed by atoms with Gasteiger partial charge < -0.3 is 10.6 Å². The van der Waals surface area contributed by atoms with Gasteiger partial charge in [-0.05, 0) is 45.9 Å². The second kappa shape index (κ2) is 5.46. The first-order valence-electron chi connectivity index (χ1n) is 5.94. The van der Waals surface area contributed by atoms with E-state index in [1.807, 2.05) is 0 Å². The highest BCUT2D eigenvalue weighted by Gasteiger charge is 2.13. The third kappa shape index (κ3) is 3.32. The lowest BCUT2D eigenvalue weighted by Gasteiger charge is -2.26. The lowest BCUT2D eigenvalue weighted by molar-refractivity contribution is 0.257. The highest BCUT2D eigenvalue weighted by molar-refractivity contribution is 5.32. The summed E-state index contributed by atoms with van der Waals surface area (Å²) in [6.07, 6.45) is 0. The van der Waals surface area contributed by atoms with Crippen molar-refractivity contribution in [1.82, 2.24) is 4.90 Å². The topological polar surface area (TPSA) is 29.3 Å². The van der Waals surface area contributed by atoms with E-state index in [0.717, 1.165) is 6.54 Å². The van der Waals surface area contributed by atoms with Gasteiger partial charge in [-0.3, -0.25) is 0 Å². The molecule has 2 N–H and O–H groups in total. The minimum atomic E-state index is 0.104. The molecule has 0 saturated heterocycles. The molecule has 90 valence electrons. The third-order valence-electron chi connectivity index (χ3n) is 3.20. The van der Waals surface area contributed by atoms with Crippen LogP contribution in [0.1, 0.15) is 36.6 Å². The first-order chi connectivity index (χ1) is 7.41. The summed E-state index contributed by atoms with van der Waals surface area (Å²) in [6, 6.07) is 7.13. The van der Waals surface area contributed by atoms with E-state index < -0.39 is 0 Å². The van der Waals surface area contributed by atoms with Gasteiger partial charge in [0.15, 0.2) is 0 Å². The highest BCUT2D eigenvalue weighted by atomic mass is 15.1. The first-order valence-corrected chi connectivity index (χ1v) is 5.94. The monoisotopic (exact) mass is 220 g/mol. The quantitative estimate of drug-likeness (QED) is 0.845. The number of nitrogens with zero attached hydrogens (tertiary/aromatic N) is 1. The summed E-state index contributed by atoms with van der Waals surface area (Å²) in [5.74, 6) is 0. The third-order valence-corrected chi connectivity index (χ3v) is 3.20. The average Bonchev–Trinajstić information content (AvgIpc) is 2.21. The van der Waals surface area contributed by atoms with Crippen LogP contribution in [0.15, 0.2) is 18.2 Å². The van der Waals surface area contributed by atoms with E-state index in [-0.39, 0.29) is 6.04 Å². The molecular weight excluding hydrogens is 196 g/mol. The number of likely N-dealkylation sites (N-methyl/N-ethyl adjacent to an activating group) is 1. The Kier molecular flexibility index (Phi) is 4.51. The maximum Gasteiger partial charge on any atom is 0.0426 e. The molecule has 0 fully saturated rings. The first kappa shape index (κ1) is 13.2. The molecule has 1 rings (SSSR count).